The van der Waals surface area contributed by atoms with Gasteiger partial charge in [0.1, 0.15) is 28.9 Å². The zero-order valence-electron chi connectivity index (χ0n) is 14.0. The lowest BCUT2D eigenvalue weighted by Crippen LogP contribution is -2.23. The first-order valence-corrected chi connectivity index (χ1v) is 8.28. The van der Waals surface area contributed by atoms with Crippen LogP contribution in [0.1, 0.15) is 6.42 Å². The SMILES string of the molecule is CN1CCCOc2ccnc3[nH]c(=O)n(c23)-c2ccc3ncnc1c3n2. The first-order valence-electron chi connectivity index (χ1n) is 8.28. The highest BCUT2D eigenvalue weighted by Crippen LogP contribution is 2.27. The molecule has 5 rings (SSSR count). The lowest BCUT2D eigenvalue weighted by Gasteiger charge is -2.20. The molecule has 0 aromatic carbocycles. The Morgan fingerprint density at radius 1 is 1.19 bits per heavy atom. The van der Waals surface area contributed by atoms with E-state index in [-0.39, 0.29) is 5.69 Å². The first kappa shape index (κ1) is 14.8. The summed E-state index contributed by atoms with van der Waals surface area (Å²) in [5.41, 5.74) is 2.11. The van der Waals surface area contributed by atoms with Crippen LogP contribution in [0.3, 0.4) is 0 Å². The summed E-state index contributed by atoms with van der Waals surface area (Å²) in [5.74, 6) is 1.79. The Morgan fingerprint density at radius 2 is 2.12 bits per heavy atom. The zero-order chi connectivity index (χ0) is 17.7. The molecule has 9 nitrogen and oxygen atoms in total. The lowest BCUT2D eigenvalue weighted by atomic mass is 10.3. The van der Waals surface area contributed by atoms with E-state index in [9.17, 15) is 4.79 Å². The Balaban J connectivity index is 1.89. The molecule has 0 fully saturated rings. The number of nitrogens with one attached hydrogen (secondary N) is 1. The highest BCUT2D eigenvalue weighted by Gasteiger charge is 2.18. The summed E-state index contributed by atoms with van der Waals surface area (Å²) in [4.78, 5) is 35.0. The molecule has 0 saturated heterocycles. The van der Waals surface area contributed by atoms with Gasteiger partial charge in [0.2, 0.25) is 0 Å². The van der Waals surface area contributed by atoms with Crippen LogP contribution in [0, 0.1) is 0 Å². The number of fused-ring (bicyclic) bond motifs is 2. The average molecular weight is 349 g/mol. The van der Waals surface area contributed by atoms with Crippen LogP contribution in [0.25, 0.3) is 28.0 Å². The Bertz CT molecular complexity index is 1200. The van der Waals surface area contributed by atoms with Gasteiger partial charge in [-0.15, -0.1) is 0 Å². The van der Waals surface area contributed by atoms with Crippen LogP contribution >= 0.6 is 0 Å². The van der Waals surface area contributed by atoms with Gasteiger partial charge in [-0.05, 0) is 18.6 Å². The third-order valence-electron chi connectivity index (χ3n) is 4.47. The van der Waals surface area contributed by atoms with Crippen LogP contribution < -0.4 is 15.3 Å². The third-order valence-corrected chi connectivity index (χ3v) is 4.47. The standard InChI is InChI=1S/C17H15N7O2/c1-23-7-2-8-26-11-5-6-18-15-14(11)24(17(25)22-15)12-4-3-10-13(21-12)16(23)20-9-19-10/h3-6,9H,2,7-8H2,1H3,(H,18,22,25). The summed E-state index contributed by atoms with van der Waals surface area (Å²) < 4.78 is 7.41. The van der Waals surface area contributed by atoms with E-state index < -0.39 is 0 Å². The van der Waals surface area contributed by atoms with Crippen LogP contribution in [0.4, 0.5) is 5.82 Å². The van der Waals surface area contributed by atoms with Crippen molar-refractivity contribution in [2.24, 2.45) is 0 Å². The maximum Gasteiger partial charge on any atom is 0.333 e. The normalized spacial score (nSPS) is 14.3. The van der Waals surface area contributed by atoms with Crippen LogP contribution in [0.15, 0.2) is 35.5 Å². The van der Waals surface area contributed by atoms with Crippen molar-refractivity contribution in [1.29, 1.82) is 0 Å². The van der Waals surface area contributed by atoms with Gasteiger partial charge in [-0.3, -0.25) is 4.98 Å². The van der Waals surface area contributed by atoms with Crippen molar-refractivity contribution in [2.45, 2.75) is 6.42 Å². The minimum atomic E-state index is -0.320. The lowest BCUT2D eigenvalue weighted by molar-refractivity contribution is 0.315. The van der Waals surface area contributed by atoms with Crippen LogP contribution in [0.5, 0.6) is 5.75 Å². The number of nitrogens with zero attached hydrogens (tertiary/aromatic N) is 6. The van der Waals surface area contributed by atoms with E-state index >= 15 is 0 Å². The van der Waals surface area contributed by atoms with Crippen molar-refractivity contribution >= 4 is 28.0 Å². The molecule has 4 aromatic rings. The molecule has 0 radical (unpaired) electrons. The Labute approximate surface area is 147 Å². The average Bonchev–Trinajstić information content (AvgIpc) is 2.99. The third kappa shape index (κ3) is 2.13. The van der Waals surface area contributed by atoms with Gasteiger partial charge in [-0.1, -0.05) is 0 Å². The van der Waals surface area contributed by atoms with Crippen LogP contribution in [-0.4, -0.2) is 49.7 Å². The Kier molecular flexibility index (Phi) is 3.14. The largest absolute Gasteiger partial charge is 0.491 e. The van der Waals surface area contributed by atoms with Crippen molar-refractivity contribution in [3.05, 3.63) is 41.2 Å². The second-order valence-electron chi connectivity index (χ2n) is 6.13. The Morgan fingerprint density at radius 3 is 3.04 bits per heavy atom. The van der Waals surface area contributed by atoms with E-state index in [4.69, 9.17) is 9.72 Å². The molecule has 26 heavy (non-hydrogen) atoms. The fourth-order valence-corrected chi connectivity index (χ4v) is 3.25. The molecule has 0 atom stereocenters. The molecule has 0 amide bonds. The monoisotopic (exact) mass is 349 g/mol. The number of imidazole rings is 1. The summed E-state index contributed by atoms with van der Waals surface area (Å²) in [5, 5.41) is 0. The number of ether oxygens (including phenoxy) is 1. The smallest absolute Gasteiger partial charge is 0.333 e. The minimum Gasteiger partial charge on any atom is -0.491 e. The fourth-order valence-electron chi connectivity index (χ4n) is 3.25. The summed E-state index contributed by atoms with van der Waals surface area (Å²) >= 11 is 0. The number of rotatable bonds is 0. The van der Waals surface area contributed by atoms with Gasteiger partial charge in [0.15, 0.2) is 11.5 Å². The molecule has 1 aliphatic rings. The van der Waals surface area contributed by atoms with Crippen molar-refractivity contribution in [3.8, 4) is 11.6 Å². The van der Waals surface area contributed by atoms with Crippen molar-refractivity contribution in [3.63, 3.8) is 0 Å². The molecule has 0 aliphatic carbocycles. The molecule has 4 aromatic heterocycles. The highest BCUT2D eigenvalue weighted by molar-refractivity contribution is 5.87. The van der Waals surface area contributed by atoms with Crippen molar-refractivity contribution < 1.29 is 4.74 Å². The van der Waals surface area contributed by atoms with Gasteiger partial charge in [0, 0.05) is 25.9 Å². The summed E-state index contributed by atoms with van der Waals surface area (Å²) in [6, 6.07) is 5.36. The van der Waals surface area contributed by atoms with E-state index in [1.807, 2.05) is 18.0 Å². The molecule has 2 bridgehead atoms. The fraction of sp³-hybridized carbons (Fsp3) is 0.235. The second kappa shape index (κ2) is 5.51. The maximum absolute atomic E-state index is 12.6. The number of pyridine rings is 2. The van der Waals surface area contributed by atoms with Gasteiger partial charge in [-0.25, -0.2) is 29.3 Å². The highest BCUT2D eigenvalue weighted by atomic mass is 16.5. The quantitative estimate of drug-likeness (QED) is 0.510. The number of hydrogen-bond acceptors (Lipinski definition) is 7. The number of anilines is 1. The minimum absolute atomic E-state index is 0.320. The molecular weight excluding hydrogens is 334 g/mol. The van der Waals surface area contributed by atoms with Gasteiger partial charge in [-0.2, -0.15) is 0 Å². The molecule has 1 aliphatic heterocycles. The van der Waals surface area contributed by atoms with E-state index in [0.717, 1.165) is 24.3 Å². The Hall–Kier alpha value is -3.49. The maximum atomic E-state index is 12.6. The predicted octanol–water partition coefficient (Wildman–Crippen LogP) is 1.27. The van der Waals surface area contributed by atoms with E-state index in [0.29, 0.717) is 34.9 Å². The number of aromatic nitrogens is 6. The first-order chi connectivity index (χ1) is 12.7. The van der Waals surface area contributed by atoms with E-state index in [1.54, 1.807) is 18.3 Å². The van der Waals surface area contributed by atoms with E-state index in [2.05, 4.69) is 19.9 Å². The van der Waals surface area contributed by atoms with Crippen LogP contribution in [-0.2, 0) is 0 Å². The van der Waals surface area contributed by atoms with Gasteiger partial charge in [0.05, 0.1) is 12.1 Å². The molecule has 1 N–H and O–H groups in total. The van der Waals surface area contributed by atoms with Crippen LogP contribution in [0.2, 0.25) is 0 Å². The molecule has 9 heteroatoms. The second-order valence-corrected chi connectivity index (χ2v) is 6.13. The summed E-state index contributed by atoms with van der Waals surface area (Å²) in [6.45, 7) is 1.27. The summed E-state index contributed by atoms with van der Waals surface area (Å²) in [7, 11) is 1.96. The topological polar surface area (TPSA) is 102 Å². The molecule has 0 unspecified atom stereocenters. The van der Waals surface area contributed by atoms with Gasteiger partial charge >= 0.3 is 5.69 Å². The molecule has 130 valence electrons. The molecule has 0 saturated carbocycles. The van der Waals surface area contributed by atoms with Crippen molar-refractivity contribution in [1.82, 2.24) is 29.5 Å². The number of hydrogen-bond donors (Lipinski definition) is 1. The molecule has 0 spiro atoms. The number of aromatic amines is 1. The van der Waals surface area contributed by atoms with Gasteiger partial charge < -0.3 is 9.64 Å². The molecular formula is C17H15N7O2. The van der Waals surface area contributed by atoms with E-state index in [1.165, 1.54) is 10.9 Å². The summed E-state index contributed by atoms with van der Waals surface area (Å²) in [6.07, 6.45) is 3.94. The molecule has 5 heterocycles. The van der Waals surface area contributed by atoms with Crippen molar-refractivity contribution in [2.75, 3.05) is 25.1 Å². The predicted molar refractivity (Wildman–Crippen MR) is 96.0 cm³/mol. The number of H-pyrrole nitrogens is 1. The van der Waals surface area contributed by atoms with Gasteiger partial charge in [0.25, 0.3) is 0 Å². The zero-order valence-corrected chi connectivity index (χ0v) is 14.0.